The Morgan fingerprint density at radius 1 is 1.42 bits per heavy atom. The zero-order valence-electron chi connectivity index (χ0n) is 12.0. The Labute approximate surface area is 115 Å². The van der Waals surface area contributed by atoms with Crippen molar-refractivity contribution in [2.24, 2.45) is 11.8 Å². The van der Waals surface area contributed by atoms with E-state index in [1.165, 1.54) is 25.3 Å². The van der Waals surface area contributed by atoms with E-state index >= 15 is 0 Å². The van der Waals surface area contributed by atoms with E-state index < -0.39 is 0 Å². The van der Waals surface area contributed by atoms with E-state index in [9.17, 15) is 9.50 Å². The summed E-state index contributed by atoms with van der Waals surface area (Å²) in [7, 11) is 0. The number of benzene rings is 1. The van der Waals surface area contributed by atoms with Crippen LogP contribution in [0.5, 0.6) is 5.75 Å². The summed E-state index contributed by atoms with van der Waals surface area (Å²) in [5, 5.41) is 12.8. The normalized spacial score (nSPS) is 28.5. The monoisotopic (exact) mass is 265 g/mol. The van der Waals surface area contributed by atoms with E-state index in [-0.39, 0.29) is 17.6 Å². The lowest BCUT2D eigenvalue weighted by atomic mass is 9.93. The Morgan fingerprint density at radius 3 is 2.74 bits per heavy atom. The lowest BCUT2D eigenvalue weighted by Crippen LogP contribution is -2.35. The lowest BCUT2D eigenvalue weighted by molar-refractivity contribution is 0.325. The summed E-state index contributed by atoms with van der Waals surface area (Å²) in [6.07, 6.45) is 3.66. The Bertz CT molecular complexity index is 435. The molecule has 1 aliphatic rings. The average molecular weight is 265 g/mol. The van der Waals surface area contributed by atoms with Gasteiger partial charge in [-0.2, -0.15) is 0 Å². The largest absolute Gasteiger partial charge is 0.508 e. The maximum atomic E-state index is 13.8. The summed E-state index contributed by atoms with van der Waals surface area (Å²) in [4.78, 5) is 0. The molecule has 0 aliphatic heterocycles. The van der Waals surface area contributed by atoms with E-state index in [0.717, 1.165) is 5.92 Å². The molecule has 1 aliphatic carbocycles. The molecule has 0 saturated heterocycles. The first-order valence-electron chi connectivity index (χ1n) is 7.27. The molecule has 3 heteroatoms. The second kappa shape index (κ2) is 5.91. The van der Waals surface area contributed by atoms with Gasteiger partial charge in [0, 0.05) is 23.7 Å². The van der Waals surface area contributed by atoms with Gasteiger partial charge in [0.15, 0.2) is 0 Å². The predicted octanol–water partition coefficient (Wildman–Crippen LogP) is 4.01. The van der Waals surface area contributed by atoms with E-state index in [0.29, 0.717) is 17.5 Å². The highest BCUT2D eigenvalue weighted by molar-refractivity contribution is 5.29. The van der Waals surface area contributed by atoms with Crippen LogP contribution < -0.4 is 5.32 Å². The van der Waals surface area contributed by atoms with Crippen LogP contribution in [0.15, 0.2) is 18.2 Å². The molecule has 0 bridgehead atoms. The second-order valence-electron chi connectivity index (χ2n) is 5.81. The highest BCUT2D eigenvalue weighted by Gasteiger charge is 2.32. The number of hydrogen-bond acceptors (Lipinski definition) is 2. The number of nitrogens with one attached hydrogen (secondary N) is 1. The first-order valence-corrected chi connectivity index (χ1v) is 7.27. The molecule has 0 amide bonds. The maximum Gasteiger partial charge on any atom is 0.131 e. The van der Waals surface area contributed by atoms with E-state index in [1.54, 1.807) is 12.1 Å². The molecule has 19 heavy (non-hydrogen) atoms. The Balaban J connectivity index is 2.03. The molecule has 2 rings (SSSR count). The summed E-state index contributed by atoms with van der Waals surface area (Å²) in [6.45, 7) is 6.52. The van der Waals surface area contributed by atoms with Crippen molar-refractivity contribution in [3.05, 3.63) is 29.6 Å². The summed E-state index contributed by atoms with van der Waals surface area (Å²) in [6, 6.07) is 4.83. The first-order chi connectivity index (χ1) is 9.02. The van der Waals surface area contributed by atoms with Crippen LogP contribution in [0, 0.1) is 17.7 Å². The summed E-state index contributed by atoms with van der Waals surface area (Å²) < 4.78 is 13.8. The van der Waals surface area contributed by atoms with Gasteiger partial charge in [0.1, 0.15) is 11.6 Å². The van der Waals surface area contributed by atoms with Crippen LogP contribution in [-0.4, -0.2) is 11.1 Å². The smallest absolute Gasteiger partial charge is 0.131 e. The van der Waals surface area contributed by atoms with Crippen LogP contribution in [0.1, 0.15) is 51.6 Å². The SMILES string of the molecule is CCC1CCC(NC(C)c2ccc(O)cc2F)C1C. The quantitative estimate of drug-likeness (QED) is 0.862. The molecule has 2 nitrogen and oxygen atoms in total. The zero-order valence-corrected chi connectivity index (χ0v) is 12.0. The van der Waals surface area contributed by atoms with Crippen molar-refractivity contribution in [2.45, 2.75) is 52.1 Å². The zero-order chi connectivity index (χ0) is 14.0. The number of aromatic hydroxyl groups is 1. The highest BCUT2D eigenvalue weighted by Crippen LogP contribution is 2.35. The van der Waals surface area contributed by atoms with Gasteiger partial charge < -0.3 is 10.4 Å². The first kappa shape index (κ1) is 14.3. The molecule has 0 spiro atoms. The van der Waals surface area contributed by atoms with Gasteiger partial charge in [-0.1, -0.05) is 26.3 Å². The number of hydrogen-bond donors (Lipinski definition) is 2. The molecular weight excluding hydrogens is 241 g/mol. The van der Waals surface area contributed by atoms with Crippen molar-refractivity contribution in [3.8, 4) is 5.75 Å². The van der Waals surface area contributed by atoms with Crippen molar-refractivity contribution in [2.75, 3.05) is 0 Å². The fourth-order valence-corrected chi connectivity index (χ4v) is 3.34. The minimum Gasteiger partial charge on any atom is -0.508 e. The highest BCUT2D eigenvalue weighted by atomic mass is 19.1. The Hall–Kier alpha value is -1.09. The molecule has 1 fully saturated rings. The molecule has 0 heterocycles. The van der Waals surface area contributed by atoms with Crippen LogP contribution in [0.3, 0.4) is 0 Å². The van der Waals surface area contributed by atoms with Crippen molar-refractivity contribution in [1.29, 1.82) is 0 Å². The Morgan fingerprint density at radius 2 is 2.16 bits per heavy atom. The van der Waals surface area contributed by atoms with Gasteiger partial charge in [0.25, 0.3) is 0 Å². The predicted molar refractivity (Wildman–Crippen MR) is 75.6 cm³/mol. The molecule has 1 aromatic carbocycles. The third-order valence-electron chi connectivity index (χ3n) is 4.67. The van der Waals surface area contributed by atoms with Crippen LogP contribution >= 0.6 is 0 Å². The minimum atomic E-state index is -0.335. The molecule has 4 unspecified atom stereocenters. The van der Waals surface area contributed by atoms with Crippen molar-refractivity contribution in [3.63, 3.8) is 0 Å². The van der Waals surface area contributed by atoms with Crippen LogP contribution in [0.2, 0.25) is 0 Å². The number of phenols is 1. The van der Waals surface area contributed by atoms with Gasteiger partial charge in [-0.3, -0.25) is 0 Å². The van der Waals surface area contributed by atoms with E-state index in [2.05, 4.69) is 19.2 Å². The van der Waals surface area contributed by atoms with Gasteiger partial charge in [0.05, 0.1) is 0 Å². The van der Waals surface area contributed by atoms with E-state index in [1.807, 2.05) is 6.92 Å². The summed E-state index contributed by atoms with van der Waals surface area (Å²) >= 11 is 0. The molecular formula is C16H24FNO. The number of halogens is 1. The molecule has 0 aromatic heterocycles. The lowest BCUT2D eigenvalue weighted by Gasteiger charge is -2.25. The van der Waals surface area contributed by atoms with Gasteiger partial charge in [-0.25, -0.2) is 4.39 Å². The van der Waals surface area contributed by atoms with Crippen LogP contribution in [0.25, 0.3) is 0 Å². The topological polar surface area (TPSA) is 32.3 Å². The van der Waals surface area contributed by atoms with Gasteiger partial charge in [-0.05, 0) is 37.7 Å². The van der Waals surface area contributed by atoms with Gasteiger partial charge >= 0.3 is 0 Å². The van der Waals surface area contributed by atoms with Crippen molar-refractivity contribution < 1.29 is 9.50 Å². The third kappa shape index (κ3) is 3.08. The third-order valence-corrected chi connectivity index (χ3v) is 4.67. The molecule has 4 atom stereocenters. The van der Waals surface area contributed by atoms with Crippen molar-refractivity contribution in [1.82, 2.24) is 5.32 Å². The summed E-state index contributed by atoms with van der Waals surface area (Å²) in [5.41, 5.74) is 0.630. The standard InChI is InChI=1S/C16H24FNO/c1-4-12-5-8-16(10(12)2)18-11(3)14-7-6-13(19)9-15(14)17/h6-7,9-12,16,18-19H,4-5,8H2,1-3H3. The molecule has 1 aromatic rings. The fourth-order valence-electron chi connectivity index (χ4n) is 3.34. The van der Waals surface area contributed by atoms with Crippen LogP contribution in [-0.2, 0) is 0 Å². The van der Waals surface area contributed by atoms with Gasteiger partial charge in [-0.15, -0.1) is 0 Å². The van der Waals surface area contributed by atoms with E-state index in [4.69, 9.17) is 0 Å². The van der Waals surface area contributed by atoms with Crippen molar-refractivity contribution >= 4 is 0 Å². The number of rotatable bonds is 4. The maximum absolute atomic E-state index is 13.8. The Kier molecular flexibility index (Phi) is 4.46. The fraction of sp³-hybridized carbons (Fsp3) is 0.625. The molecule has 1 saturated carbocycles. The second-order valence-corrected chi connectivity index (χ2v) is 5.81. The average Bonchev–Trinajstić information content (AvgIpc) is 2.70. The summed E-state index contributed by atoms with van der Waals surface area (Å²) in [5.74, 6) is 1.08. The minimum absolute atomic E-state index is 0.0197. The molecule has 106 valence electrons. The molecule has 2 N–H and O–H groups in total. The van der Waals surface area contributed by atoms with Crippen LogP contribution in [0.4, 0.5) is 4.39 Å². The van der Waals surface area contributed by atoms with Gasteiger partial charge in [0.2, 0.25) is 0 Å². The number of phenolic OH excluding ortho intramolecular Hbond substituents is 1. The molecule has 0 radical (unpaired) electrons.